The zero-order chi connectivity index (χ0) is 16.2. The summed E-state index contributed by atoms with van der Waals surface area (Å²) in [7, 11) is 0. The van der Waals surface area contributed by atoms with Crippen LogP contribution in [0.5, 0.6) is 0 Å². The Morgan fingerprint density at radius 2 is 1.91 bits per heavy atom. The quantitative estimate of drug-likeness (QED) is 0.708. The Morgan fingerprint density at radius 3 is 2.57 bits per heavy atom. The highest BCUT2D eigenvalue weighted by Gasteiger charge is 2.23. The number of hydrogen-bond donors (Lipinski definition) is 0. The van der Waals surface area contributed by atoms with Gasteiger partial charge in [-0.1, -0.05) is 12.1 Å². The minimum atomic E-state index is 0.153. The first-order chi connectivity index (χ1) is 11.1. The SMILES string of the molecule is Cc1nccn1CCN1CCN(C(=O)c2ccccc2I)CC1. The average molecular weight is 424 g/mol. The van der Waals surface area contributed by atoms with Gasteiger partial charge in [-0.25, -0.2) is 4.98 Å². The monoisotopic (exact) mass is 424 g/mol. The lowest BCUT2D eigenvalue weighted by Crippen LogP contribution is -2.49. The van der Waals surface area contributed by atoms with Gasteiger partial charge in [-0.15, -0.1) is 0 Å². The van der Waals surface area contributed by atoms with E-state index >= 15 is 0 Å². The van der Waals surface area contributed by atoms with Gasteiger partial charge in [0.15, 0.2) is 0 Å². The van der Waals surface area contributed by atoms with Crippen LogP contribution in [0.3, 0.4) is 0 Å². The van der Waals surface area contributed by atoms with Gasteiger partial charge in [-0.3, -0.25) is 9.69 Å². The van der Waals surface area contributed by atoms with E-state index in [1.807, 2.05) is 48.5 Å². The fourth-order valence-corrected chi connectivity index (χ4v) is 3.49. The van der Waals surface area contributed by atoms with E-state index in [1.54, 1.807) is 0 Å². The molecule has 1 aliphatic heterocycles. The molecule has 0 N–H and O–H groups in total. The van der Waals surface area contributed by atoms with Crippen molar-refractivity contribution in [2.75, 3.05) is 32.7 Å². The standard InChI is InChI=1S/C17H21IN4O/c1-14-19-6-7-21(14)11-8-20-9-12-22(13-10-20)17(23)15-4-2-3-5-16(15)18/h2-7H,8-13H2,1H3. The van der Waals surface area contributed by atoms with Crippen molar-refractivity contribution >= 4 is 28.5 Å². The Hall–Kier alpha value is -1.41. The molecule has 23 heavy (non-hydrogen) atoms. The fourth-order valence-electron chi connectivity index (χ4n) is 2.87. The van der Waals surface area contributed by atoms with Crippen LogP contribution in [-0.2, 0) is 6.54 Å². The topological polar surface area (TPSA) is 41.4 Å². The molecular formula is C17H21IN4O. The van der Waals surface area contributed by atoms with Crippen molar-refractivity contribution in [1.82, 2.24) is 19.4 Å². The molecule has 3 rings (SSSR count). The minimum Gasteiger partial charge on any atom is -0.336 e. The molecule has 0 bridgehead atoms. The van der Waals surface area contributed by atoms with Crippen molar-refractivity contribution in [2.24, 2.45) is 0 Å². The molecule has 1 amide bonds. The maximum absolute atomic E-state index is 12.6. The second-order valence-electron chi connectivity index (χ2n) is 5.78. The van der Waals surface area contributed by atoms with Crippen LogP contribution in [-0.4, -0.2) is 58.0 Å². The molecule has 0 radical (unpaired) electrons. The van der Waals surface area contributed by atoms with Gasteiger partial charge >= 0.3 is 0 Å². The lowest BCUT2D eigenvalue weighted by atomic mass is 10.2. The summed E-state index contributed by atoms with van der Waals surface area (Å²) >= 11 is 2.23. The van der Waals surface area contributed by atoms with Crippen molar-refractivity contribution in [3.8, 4) is 0 Å². The highest BCUT2D eigenvalue weighted by Crippen LogP contribution is 2.15. The van der Waals surface area contributed by atoms with E-state index in [0.29, 0.717) is 0 Å². The van der Waals surface area contributed by atoms with E-state index < -0.39 is 0 Å². The molecule has 5 nitrogen and oxygen atoms in total. The predicted molar refractivity (Wildman–Crippen MR) is 98.5 cm³/mol. The summed E-state index contributed by atoms with van der Waals surface area (Å²) in [5.41, 5.74) is 0.815. The average Bonchev–Trinajstić information content (AvgIpc) is 2.98. The van der Waals surface area contributed by atoms with Gasteiger partial charge in [0.2, 0.25) is 0 Å². The summed E-state index contributed by atoms with van der Waals surface area (Å²) < 4.78 is 3.19. The molecule has 2 heterocycles. The van der Waals surface area contributed by atoms with Gasteiger partial charge in [0.1, 0.15) is 5.82 Å². The summed E-state index contributed by atoms with van der Waals surface area (Å²) in [6, 6.07) is 7.80. The number of aryl methyl sites for hydroxylation is 1. The van der Waals surface area contributed by atoms with Crippen molar-refractivity contribution in [3.05, 3.63) is 51.6 Å². The number of hydrogen-bond acceptors (Lipinski definition) is 3. The van der Waals surface area contributed by atoms with Crippen LogP contribution in [0.25, 0.3) is 0 Å². The summed E-state index contributed by atoms with van der Waals surface area (Å²) in [4.78, 5) is 21.2. The third-order valence-corrected chi connectivity index (χ3v) is 5.29. The molecule has 1 aromatic heterocycles. The number of carbonyl (C=O) groups excluding carboxylic acids is 1. The van der Waals surface area contributed by atoms with Crippen LogP contribution in [0.15, 0.2) is 36.7 Å². The Bertz CT molecular complexity index is 677. The smallest absolute Gasteiger partial charge is 0.255 e. The Morgan fingerprint density at radius 1 is 1.17 bits per heavy atom. The van der Waals surface area contributed by atoms with E-state index in [1.165, 1.54) is 0 Å². The van der Waals surface area contributed by atoms with Gasteiger partial charge in [0.05, 0.1) is 5.56 Å². The second kappa shape index (κ2) is 7.44. The third kappa shape index (κ3) is 3.92. The number of imidazole rings is 1. The number of amides is 1. The first-order valence-electron chi connectivity index (χ1n) is 7.89. The number of halogens is 1. The van der Waals surface area contributed by atoms with E-state index in [0.717, 1.165) is 54.2 Å². The van der Waals surface area contributed by atoms with Gasteiger partial charge in [0, 0.05) is 55.2 Å². The van der Waals surface area contributed by atoms with Crippen LogP contribution >= 0.6 is 22.6 Å². The molecular weight excluding hydrogens is 403 g/mol. The zero-order valence-corrected chi connectivity index (χ0v) is 15.4. The first kappa shape index (κ1) is 16.4. The van der Waals surface area contributed by atoms with Crippen molar-refractivity contribution in [2.45, 2.75) is 13.5 Å². The Labute approximate surface area is 150 Å². The number of nitrogens with zero attached hydrogens (tertiary/aromatic N) is 4. The van der Waals surface area contributed by atoms with E-state index in [-0.39, 0.29) is 5.91 Å². The van der Waals surface area contributed by atoms with E-state index in [4.69, 9.17) is 0 Å². The summed E-state index contributed by atoms with van der Waals surface area (Å²) in [6.07, 6.45) is 3.86. The molecule has 122 valence electrons. The van der Waals surface area contributed by atoms with Gasteiger partial charge in [0.25, 0.3) is 5.91 Å². The van der Waals surface area contributed by atoms with E-state index in [2.05, 4.69) is 37.0 Å². The largest absolute Gasteiger partial charge is 0.336 e. The van der Waals surface area contributed by atoms with Gasteiger partial charge in [-0.05, 0) is 41.6 Å². The molecule has 1 saturated heterocycles. The lowest BCUT2D eigenvalue weighted by Gasteiger charge is -2.35. The third-order valence-electron chi connectivity index (χ3n) is 4.34. The molecule has 1 aliphatic rings. The normalized spacial score (nSPS) is 15.8. The highest BCUT2D eigenvalue weighted by molar-refractivity contribution is 14.1. The lowest BCUT2D eigenvalue weighted by molar-refractivity contribution is 0.0632. The number of aromatic nitrogens is 2. The molecule has 6 heteroatoms. The number of carbonyl (C=O) groups is 1. The molecule has 0 atom stereocenters. The molecule has 0 aliphatic carbocycles. The Balaban J connectivity index is 1.51. The number of benzene rings is 1. The number of piperazine rings is 1. The summed E-state index contributed by atoms with van der Waals surface area (Å²) in [5, 5.41) is 0. The van der Waals surface area contributed by atoms with Crippen molar-refractivity contribution in [1.29, 1.82) is 0 Å². The molecule has 0 unspecified atom stereocenters. The van der Waals surface area contributed by atoms with Crippen molar-refractivity contribution in [3.63, 3.8) is 0 Å². The second-order valence-corrected chi connectivity index (χ2v) is 6.94. The predicted octanol–water partition coefficient (Wildman–Crippen LogP) is 2.25. The van der Waals surface area contributed by atoms with Crippen molar-refractivity contribution < 1.29 is 4.79 Å². The van der Waals surface area contributed by atoms with Crippen LogP contribution in [0, 0.1) is 10.5 Å². The minimum absolute atomic E-state index is 0.153. The number of rotatable bonds is 4. The maximum atomic E-state index is 12.6. The van der Waals surface area contributed by atoms with Crippen LogP contribution in [0.1, 0.15) is 16.2 Å². The summed E-state index contributed by atoms with van der Waals surface area (Å²) in [5.74, 6) is 1.21. The Kier molecular flexibility index (Phi) is 5.32. The van der Waals surface area contributed by atoms with E-state index in [9.17, 15) is 4.79 Å². The fraction of sp³-hybridized carbons (Fsp3) is 0.412. The van der Waals surface area contributed by atoms with Crippen LogP contribution in [0.4, 0.5) is 0 Å². The summed E-state index contributed by atoms with van der Waals surface area (Å²) in [6.45, 7) is 7.45. The van der Waals surface area contributed by atoms with Crippen LogP contribution < -0.4 is 0 Å². The molecule has 2 aromatic rings. The zero-order valence-electron chi connectivity index (χ0n) is 13.3. The molecule has 1 aromatic carbocycles. The van der Waals surface area contributed by atoms with Gasteiger partial charge < -0.3 is 9.47 Å². The van der Waals surface area contributed by atoms with Crippen LogP contribution in [0.2, 0.25) is 0 Å². The highest BCUT2D eigenvalue weighted by atomic mass is 127. The molecule has 1 fully saturated rings. The molecule has 0 spiro atoms. The molecule has 0 saturated carbocycles. The first-order valence-corrected chi connectivity index (χ1v) is 8.97. The van der Waals surface area contributed by atoms with Gasteiger partial charge in [-0.2, -0.15) is 0 Å². The maximum Gasteiger partial charge on any atom is 0.255 e.